The van der Waals surface area contributed by atoms with Crippen molar-refractivity contribution in [1.29, 1.82) is 0 Å². The van der Waals surface area contributed by atoms with Gasteiger partial charge in [0.05, 0.1) is 22.8 Å². The van der Waals surface area contributed by atoms with Gasteiger partial charge >= 0.3 is 0 Å². The third kappa shape index (κ3) is 3.66. The third-order valence-electron chi connectivity index (χ3n) is 7.11. The first kappa shape index (κ1) is 23.6. The van der Waals surface area contributed by atoms with Gasteiger partial charge in [-0.15, -0.1) is 0 Å². The third-order valence-corrected chi connectivity index (χ3v) is 7.41. The molecule has 0 radical (unpaired) electrons. The molecule has 1 atom stereocenters. The van der Waals surface area contributed by atoms with Gasteiger partial charge in [-0.3, -0.25) is 14.4 Å². The smallest absolute Gasteiger partial charge is 0.254 e. The molecule has 1 aliphatic heterocycles. The topological polar surface area (TPSA) is 100 Å². The number of anilines is 3. The number of carbonyl (C=O) groups excluding carboxylic acids is 1. The van der Waals surface area contributed by atoms with Crippen LogP contribution in [0.3, 0.4) is 0 Å². The van der Waals surface area contributed by atoms with E-state index in [0.717, 1.165) is 18.9 Å². The highest BCUT2D eigenvalue weighted by atomic mass is 35.5. The highest BCUT2D eigenvalue weighted by Crippen LogP contribution is 2.50. The summed E-state index contributed by atoms with van der Waals surface area (Å²) in [6, 6.07) is 4.35. The van der Waals surface area contributed by atoms with Gasteiger partial charge < -0.3 is 20.4 Å². The minimum atomic E-state index is -0.784. The molecule has 1 saturated carbocycles. The maximum atomic E-state index is 15.2. The number of halogens is 2. The Kier molecular flexibility index (Phi) is 5.36. The highest BCUT2D eigenvalue weighted by Gasteiger charge is 2.48. The summed E-state index contributed by atoms with van der Waals surface area (Å²) in [4.78, 5) is 38.1. The van der Waals surface area contributed by atoms with Gasteiger partial charge in [0.25, 0.3) is 16.8 Å². The fraction of sp³-hybridized carbons (Fsp3) is 0.423. The summed E-state index contributed by atoms with van der Waals surface area (Å²) in [5.74, 6) is 0.102. The second-order valence-electron chi connectivity index (χ2n) is 10.6. The Morgan fingerprint density at radius 2 is 1.74 bits per heavy atom. The molecular formula is C26H27ClFN3O4. The Bertz CT molecular complexity index is 1420. The van der Waals surface area contributed by atoms with Crippen LogP contribution in [0.1, 0.15) is 79.9 Å². The normalized spacial score (nSPS) is 17.6. The summed E-state index contributed by atoms with van der Waals surface area (Å²) >= 11 is 6.42. The van der Waals surface area contributed by atoms with E-state index in [1.807, 2.05) is 39.8 Å². The summed E-state index contributed by atoms with van der Waals surface area (Å²) < 4.78 is 21.0. The second kappa shape index (κ2) is 7.95. The maximum Gasteiger partial charge on any atom is 0.254 e. The largest absolute Gasteiger partial charge is 0.464 e. The van der Waals surface area contributed by atoms with Gasteiger partial charge in [-0.1, -0.05) is 45.2 Å². The van der Waals surface area contributed by atoms with Crippen LogP contribution in [0.2, 0.25) is 5.02 Å². The molecule has 7 nitrogen and oxygen atoms in total. The molecule has 2 aliphatic rings. The van der Waals surface area contributed by atoms with Crippen molar-refractivity contribution in [2.24, 2.45) is 5.41 Å². The van der Waals surface area contributed by atoms with E-state index in [9.17, 15) is 14.4 Å². The summed E-state index contributed by atoms with van der Waals surface area (Å²) in [5.41, 5.74) is -2.08. The SMILES string of the molecule is Cc1ccc([C@H](Nc2c(Nc3c(F)cc(Cl)c4c3C(=O)NC43CCCC3)c(=O)c2=O)C(C)(C)C)o1. The minimum Gasteiger partial charge on any atom is -0.464 e. The fourth-order valence-corrected chi connectivity index (χ4v) is 5.74. The second-order valence-corrected chi connectivity index (χ2v) is 11.0. The molecule has 1 aromatic heterocycles. The molecule has 1 amide bonds. The predicted molar refractivity (Wildman–Crippen MR) is 133 cm³/mol. The lowest BCUT2D eigenvalue weighted by molar-refractivity contribution is 0.0931. The molecule has 3 aromatic rings. The standard InChI is InChI=1S/C26H27ClFN3O4/c1-12-7-8-15(35-12)23(25(2,3)4)30-20-19(21(32)22(20)33)29-18-14(28)11-13(27)17-16(18)24(34)31-26(17)9-5-6-10-26/h7-8,11,23,29-30H,5-6,9-10H2,1-4H3,(H,31,34)/t23-/m0/s1. The van der Waals surface area contributed by atoms with E-state index in [4.69, 9.17) is 16.0 Å². The molecular weight excluding hydrogens is 473 g/mol. The molecule has 35 heavy (non-hydrogen) atoms. The maximum absolute atomic E-state index is 15.2. The molecule has 0 bridgehead atoms. The summed E-state index contributed by atoms with van der Waals surface area (Å²) in [7, 11) is 0. The van der Waals surface area contributed by atoms with Gasteiger partial charge in [0.2, 0.25) is 0 Å². The van der Waals surface area contributed by atoms with Crippen LogP contribution < -0.4 is 26.8 Å². The van der Waals surface area contributed by atoms with Gasteiger partial charge in [-0.25, -0.2) is 4.39 Å². The number of carbonyl (C=O) groups is 1. The van der Waals surface area contributed by atoms with Crippen molar-refractivity contribution < 1.29 is 13.6 Å². The van der Waals surface area contributed by atoms with Crippen LogP contribution in [0.25, 0.3) is 0 Å². The van der Waals surface area contributed by atoms with Gasteiger partial charge in [-0.2, -0.15) is 0 Å². The molecule has 9 heteroatoms. The van der Waals surface area contributed by atoms with Gasteiger partial charge in [0.15, 0.2) is 0 Å². The zero-order valence-electron chi connectivity index (χ0n) is 20.0. The molecule has 0 saturated heterocycles. The van der Waals surface area contributed by atoms with Crippen molar-refractivity contribution in [3.8, 4) is 0 Å². The Labute approximate surface area is 206 Å². The zero-order chi connectivity index (χ0) is 25.3. The zero-order valence-corrected chi connectivity index (χ0v) is 20.8. The number of hydrogen-bond donors (Lipinski definition) is 3. The van der Waals surface area contributed by atoms with Crippen molar-refractivity contribution in [3.63, 3.8) is 0 Å². The number of benzene rings is 1. The Morgan fingerprint density at radius 1 is 1.09 bits per heavy atom. The lowest BCUT2D eigenvalue weighted by atomic mass is 9.84. The molecule has 0 unspecified atom stereocenters. The van der Waals surface area contributed by atoms with E-state index in [0.29, 0.717) is 29.9 Å². The van der Waals surface area contributed by atoms with Crippen molar-refractivity contribution in [2.45, 2.75) is 65.0 Å². The van der Waals surface area contributed by atoms with Crippen LogP contribution in [-0.2, 0) is 5.54 Å². The first-order valence-corrected chi connectivity index (χ1v) is 12.1. The van der Waals surface area contributed by atoms with E-state index in [-0.39, 0.29) is 33.1 Å². The van der Waals surface area contributed by atoms with Gasteiger partial charge in [-0.05, 0) is 43.4 Å². The van der Waals surface area contributed by atoms with Gasteiger partial charge in [0, 0.05) is 10.6 Å². The van der Waals surface area contributed by atoms with Crippen molar-refractivity contribution in [3.05, 3.63) is 72.1 Å². The van der Waals surface area contributed by atoms with E-state index in [1.54, 1.807) is 0 Å². The molecule has 2 heterocycles. The van der Waals surface area contributed by atoms with Crippen LogP contribution in [0, 0.1) is 18.2 Å². The van der Waals surface area contributed by atoms with Crippen LogP contribution in [0.5, 0.6) is 0 Å². The van der Waals surface area contributed by atoms with Crippen LogP contribution in [-0.4, -0.2) is 5.91 Å². The number of hydrogen-bond acceptors (Lipinski definition) is 6. The van der Waals surface area contributed by atoms with E-state index >= 15 is 4.39 Å². The van der Waals surface area contributed by atoms with Crippen LogP contribution in [0.15, 0.2) is 32.2 Å². The number of furan rings is 1. The van der Waals surface area contributed by atoms with Crippen molar-refractivity contribution >= 4 is 34.6 Å². The Hall–Kier alpha value is -3.13. The average molecular weight is 500 g/mol. The molecule has 1 fully saturated rings. The fourth-order valence-electron chi connectivity index (χ4n) is 5.37. The predicted octanol–water partition coefficient (Wildman–Crippen LogP) is 5.43. The average Bonchev–Trinajstić information content (AvgIpc) is 3.48. The Morgan fingerprint density at radius 3 is 2.34 bits per heavy atom. The molecule has 1 aliphatic carbocycles. The highest BCUT2D eigenvalue weighted by molar-refractivity contribution is 6.32. The van der Waals surface area contributed by atoms with Crippen molar-refractivity contribution in [2.75, 3.05) is 10.6 Å². The molecule has 2 aromatic carbocycles. The first-order valence-electron chi connectivity index (χ1n) is 11.7. The van der Waals surface area contributed by atoms with E-state index in [2.05, 4.69) is 16.0 Å². The number of aryl methyl sites for hydroxylation is 1. The molecule has 1 spiro atoms. The first-order chi connectivity index (χ1) is 16.4. The molecule has 5 rings (SSSR count). The summed E-state index contributed by atoms with van der Waals surface area (Å²) in [6.45, 7) is 7.73. The molecule has 184 valence electrons. The van der Waals surface area contributed by atoms with E-state index < -0.39 is 34.2 Å². The number of nitrogens with one attached hydrogen (secondary N) is 3. The lowest BCUT2D eigenvalue weighted by Gasteiger charge is -2.31. The van der Waals surface area contributed by atoms with Crippen LogP contribution in [0.4, 0.5) is 21.5 Å². The lowest BCUT2D eigenvalue weighted by Crippen LogP contribution is -2.39. The number of amides is 1. The minimum absolute atomic E-state index is 0.0288. The monoisotopic (exact) mass is 499 g/mol. The van der Waals surface area contributed by atoms with Crippen molar-refractivity contribution in [1.82, 2.24) is 5.32 Å². The number of fused-ring (bicyclic) bond motifs is 2. The van der Waals surface area contributed by atoms with E-state index in [1.165, 1.54) is 0 Å². The van der Waals surface area contributed by atoms with Crippen LogP contribution >= 0.6 is 11.6 Å². The Balaban J connectivity index is 1.56. The molecule has 3 N–H and O–H groups in total. The van der Waals surface area contributed by atoms with Gasteiger partial charge in [0.1, 0.15) is 28.7 Å². The number of rotatable bonds is 5. The summed E-state index contributed by atoms with van der Waals surface area (Å²) in [5, 5.41) is 9.08. The quantitative estimate of drug-likeness (QED) is 0.404. The summed E-state index contributed by atoms with van der Waals surface area (Å²) in [6.07, 6.45) is 3.25.